The Balaban J connectivity index is 1.20. The van der Waals surface area contributed by atoms with Gasteiger partial charge in [0.05, 0.1) is 16.8 Å². The van der Waals surface area contributed by atoms with E-state index >= 15 is 0 Å². The fourth-order valence-electron chi connectivity index (χ4n) is 4.59. The lowest BCUT2D eigenvalue weighted by Gasteiger charge is -2.33. The molecule has 35 heavy (non-hydrogen) atoms. The van der Waals surface area contributed by atoms with E-state index in [0.717, 1.165) is 25.7 Å². The number of anilines is 1. The van der Waals surface area contributed by atoms with Crippen molar-refractivity contribution in [2.45, 2.75) is 12.0 Å². The molecule has 2 aliphatic rings. The average Bonchev–Trinajstić information content (AvgIpc) is 3.40. The predicted octanol–water partition coefficient (Wildman–Crippen LogP) is 4.13. The van der Waals surface area contributed by atoms with Crippen LogP contribution < -0.4 is 15.4 Å². The number of nitrogens with one attached hydrogen (secondary N) is 2. The van der Waals surface area contributed by atoms with Crippen LogP contribution in [0.15, 0.2) is 72.8 Å². The molecule has 0 bridgehead atoms. The van der Waals surface area contributed by atoms with Gasteiger partial charge in [-0.2, -0.15) is 0 Å². The van der Waals surface area contributed by atoms with Crippen LogP contribution in [0.25, 0.3) is 20.8 Å². The number of carbonyl (C=O) groups is 3. The molecule has 1 aromatic heterocycles. The van der Waals surface area contributed by atoms with Crippen LogP contribution in [0.5, 0.6) is 5.75 Å². The van der Waals surface area contributed by atoms with Gasteiger partial charge in [-0.05, 0) is 30.3 Å². The van der Waals surface area contributed by atoms with E-state index in [1.165, 1.54) is 0 Å². The van der Waals surface area contributed by atoms with Crippen molar-refractivity contribution in [1.29, 1.82) is 0 Å². The summed E-state index contributed by atoms with van der Waals surface area (Å²) in [6.07, 6.45) is 0.302. The van der Waals surface area contributed by atoms with E-state index in [2.05, 4.69) is 15.6 Å². The molecular formula is C26H20N4O4S. The summed E-state index contributed by atoms with van der Waals surface area (Å²) in [6, 6.07) is 21.8. The van der Waals surface area contributed by atoms with E-state index in [4.69, 9.17) is 4.74 Å². The van der Waals surface area contributed by atoms with Gasteiger partial charge in [-0.25, -0.2) is 9.78 Å². The Morgan fingerprint density at radius 1 is 1.09 bits per heavy atom. The van der Waals surface area contributed by atoms with Crippen LogP contribution in [0.4, 0.5) is 10.5 Å². The maximum Gasteiger partial charge on any atom is 0.325 e. The highest BCUT2D eigenvalue weighted by Gasteiger charge is 2.55. The highest BCUT2D eigenvalue weighted by atomic mass is 32.1. The fraction of sp³-hybridized carbons (Fsp3) is 0.154. The van der Waals surface area contributed by atoms with Crippen LogP contribution in [0.1, 0.15) is 12.0 Å². The maximum absolute atomic E-state index is 13.4. The van der Waals surface area contributed by atoms with Gasteiger partial charge in [0.25, 0.3) is 5.91 Å². The summed E-state index contributed by atoms with van der Waals surface area (Å²) in [5.41, 5.74) is 1.75. The van der Waals surface area contributed by atoms with Crippen molar-refractivity contribution in [3.63, 3.8) is 0 Å². The van der Waals surface area contributed by atoms with Gasteiger partial charge in [-0.15, -0.1) is 11.3 Å². The first-order valence-electron chi connectivity index (χ1n) is 11.2. The zero-order chi connectivity index (χ0) is 24.0. The molecule has 0 unspecified atom stereocenters. The van der Waals surface area contributed by atoms with Gasteiger partial charge in [0, 0.05) is 23.2 Å². The van der Waals surface area contributed by atoms with Crippen molar-refractivity contribution in [3.8, 4) is 16.3 Å². The third kappa shape index (κ3) is 3.60. The lowest BCUT2D eigenvalue weighted by molar-refractivity contribution is -0.135. The van der Waals surface area contributed by atoms with E-state index in [-0.39, 0.29) is 6.54 Å². The summed E-state index contributed by atoms with van der Waals surface area (Å²) < 4.78 is 6.73. The average molecular weight is 485 g/mol. The first-order chi connectivity index (χ1) is 17.0. The number of hydrogen-bond donors (Lipinski definition) is 2. The molecule has 1 spiro atoms. The number of urea groups is 1. The van der Waals surface area contributed by atoms with Crippen LogP contribution >= 0.6 is 11.3 Å². The molecule has 1 saturated heterocycles. The molecule has 6 rings (SSSR count). The van der Waals surface area contributed by atoms with Crippen molar-refractivity contribution in [3.05, 3.63) is 78.4 Å². The standard InChI is InChI=1S/C26H20N4O4S/c31-22(27-17-7-5-6-16(14-17)23-28-19-9-2-4-11-21(19)35-23)15-30-24(32)26(29-25(30)33)12-13-34-20-10-3-1-8-18(20)26/h1-11,14H,12-13,15H2,(H,27,31)(H,29,33)/t26-/m1/s1. The molecule has 8 nitrogen and oxygen atoms in total. The van der Waals surface area contributed by atoms with Crippen molar-refractivity contribution in [2.75, 3.05) is 18.5 Å². The number of fused-ring (bicyclic) bond motifs is 3. The van der Waals surface area contributed by atoms with E-state index in [9.17, 15) is 14.4 Å². The Morgan fingerprint density at radius 3 is 2.80 bits per heavy atom. The number of nitrogens with zero attached hydrogens (tertiary/aromatic N) is 2. The Morgan fingerprint density at radius 2 is 1.91 bits per heavy atom. The second-order valence-electron chi connectivity index (χ2n) is 8.44. The first-order valence-corrected chi connectivity index (χ1v) is 12.0. The number of aromatic nitrogens is 1. The molecule has 4 amide bonds. The third-order valence-corrected chi connectivity index (χ3v) is 7.33. The quantitative estimate of drug-likeness (QED) is 0.424. The Hall–Kier alpha value is -4.24. The molecular weight excluding hydrogens is 464 g/mol. The van der Waals surface area contributed by atoms with E-state index < -0.39 is 23.4 Å². The molecule has 9 heteroatoms. The number of para-hydroxylation sites is 2. The molecule has 1 atom stereocenters. The molecule has 0 radical (unpaired) electrons. The van der Waals surface area contributed by atoms with Crippen molar-refractivity contribution in [1.82, 2.24) is 15.2 Å². The van der Waals surface area contributed by atoms with Crippen LogP contribution in [-0.2, 0) is 15.1 Å². The molecule has 2 aliphatic heterocycles. The fourth-order valence-corrected chi connectivity index (χ4v) is 5.55. The molecule has 1 fully saturated rings. The summed E-state index contributed by atoms with van der Waals surface area (Å²) >= 11 is 1.57. The van der Waals surface area contributed by atoms with Crippen molar-refractivity contribution >= 4 is 45.1 Å². The lowest BCUT2D eigenvalue weighted by atomic mass is 9.84. The maximum atomic E-state index is 13.4. The number of carbonyl (C=O) groups excluding carboxylic acids is 3. The minimum Gasteiger partial charge on any atom is -0.493 e. The zero-order valence-electron chi connectivity index (χ0n) is 18.5. The summed E-state index contributed by atoms with van der Waals surface area (Å²) in [6.45, 7) is -0.0948. The van der Waals surface area contributed by atoms with Gasteiger partial charge in [0.15, 0.2) is 5.54 Å². The molecule has 174 valence electrons. The molecule has 0 aliphatic carbocycles. The zero-order valence-corrected chi connectivity index (χ0v) is 19.3. The van der Waals surface area contributed by atoms with E-state index in [0.29, 0.717) is 30.0 Å². The predicted molar refractivity (Wildman–Crippen MR) is 132 cm³/mol. The van der Waals surface area contributed by atoms with Gasteiger partial charge >= 0.3 is 6.03 Å². The number of rotatable bonds is 4. The third-order valence-electron chi connectivity index (χ3n) is 6.25. The van der Waals surface area contributed by atoms with Crippen LogP contribution in [-0.4, -0.2) is 40.9 Å². The Bertz CT molecular complexity index is 1470. The number of amides is 4. The van der Waals surface area contributed by atoms with Gasteiger partial charge in [-0.1, -0.05) is 42.5 Å². The number of thiazole rings is 1. The summed E-state index contributed by atoms with van der Waals surface area (Å²) in [4.78, 5) is 44.6. The van der Waals surface area contributed by atoms with Gasteiger partial charge < -0.3 is 15.4 Å². The summed E-state index contributed by atoms with van der Waals surface area (Å²) in [7, 11) is 0. The molecule has 0 saturated carbocycles. The van der Waals surface area contributed by atoms with Crippen LogP contribution in [0.3, 0.4) is 0 Å². The smallest absolute Gasteiger partial charge is 0.325 e. The molecule has 2 N–H and O–H groups in total. The van der Waals surface area contributed by atoms with Gasteiger partial charge in [0.2, 0.25) is 5.91 Å². The SMILES string of the molecule is O=C(CN1C(=O)N[C@@]2(CCOc3ccccc32)C1=O)Nc1cccc(-c2nc3ccccc3s2)c1. The molecule has 4 aromatic rings. The number of hydrogen-bond acceptors (Lipinski definition) is 6. The number of imide groups is 1. The number of benzene rings is 3. The first kappa shape index (κ1) is 21.3. The summed E-state index contributed by atoms with van der Waals surface area (Å²) in [5, 5.41) is 6.46. The highest BCUT2D eigenvalue weighted by Crippen LogP contribution is 2.41. The molecule has 3 aromatic carbocycles. The van der Waals surface area contributed by atoms with Crippen LogP contribution in [0.2, 0.25) is 0 Å². The van der Waals surface area contributed by atoms with Crippen molar-refractivity contribution in [2.24, 2.45) is 0 Å². The topological polar surface area (TPSA) is 101 Å². The lowest BCUT2D eigenvalue weighted by Crippen LogP contribution is -2.48. The largest absolute Gasteiger partial charge is 0.493 e. The van der Waals surface area contributed by atoms with E-state index in [1.807, 2.05) is 48.5 Å². The van der Waals surface area contributed by atoms with Crippen LogP contribution in [0, 0.1) is 0 Å². The highest BCUT2D eigenvalue weighted by molar-refractivity contribution is 7.21. The van der Waals surface area contributed by atoms with Crippen molar-refractivity contribution < 1.29 is 19.1 Å². The normalized spacial score (nSPS) is 18.9. The Kier molecular flexibility index (Phi) is 5.00. The van der Waals surface area contributed by atoms with Gasteiger partial charge in [-0.3, -0.25) is 14.5 Å². The monoisotopic (exact) mass is 484 g/mol. The second-order valence-corrected chi connectivity index (χ2v) is 9.47. The minimum absolute atomic E-state index is 0.293. The van der Waals surface area contributed by atoms with E-state index in [1.54, 1.807) is 35.6 Å². The number of ether oxygens (including phenoxy) is 1. The Labute approximate surface area is 204 Å². The minimum atomic E-state index is -1.21. The molecule has 3 heterocycles. The summed E-state index contributed by atoms with van der Waals surface area (Å²) in [5.74, 6) is -0.352. The second kappa shape index (κ2) is 8.21. The van der Waals surface area contributed by atoms with Gasteiger partial charge in [0.1, 0.15) is 17.3 Å².